The Balaban J connectivity index is 0.993. The van der Waals surface area contributed by atoms with Gasteiger partial charge in [0.15, 0.2) is 5.78 Å². The Hall–Kier alpha value is -2.69. The van der Waals surface area contributed by atoms with Crippen LogP contribution in [0.25, 0.3) is 0 Å². The van der Waals surface area contributed by atoms with Gasteiger partial charge >= 0.3 is 0 Å². The molecule has 0 N–H and O–H groups in total. The average molecular weight is 592 g/mol. The molecule has 4 aliphatic carbocycles. The van der Waals surface area contributed by atoms with Gasteiger partial charge < -0.3 is 9.47 Å². The Morgan fingerprint density at radius 2 is 1.77 bits per heavy atom. The van der Waals surface area contributed by atoms with E-state index in [2.05, 4.69) is 49.9 Å². The summed E-state index contributed by atoms with van der Waals surface area (Å²) in [6.45, 7) is 9.58. The van der Waals surface area contributed by atoms with Crippen LogP contribution in [0.5, 0.6) is 11.5 Å². The summed E-state index contributed by atoms with van der Waals surface area (Å²) in [6.07, 6.45) is 13.8. The lowest BCUT2D eigenvalue weighted by atomic mass is 9.56. The summed E-state index contributed by atoms with van der Waals surface area (Å²) in [5.41, 5.74) is 6.42. The third kappa shape index (κ3) is 4.74. The summed E-state index contributed by atoms with van der Waals surface area (Å²) in [6, 6.07) is 19.2. The fraction of sp³-hybridized carbons (Fsp3) is 0.575. The molecule has 6 aliphatic rings. The third-order valence-electron chi connectivity index (χ3n) is 13.2. The Labute approximate surface area is 263 Å². The average Bonchev–Trinajstić information content (AvgIpc) is 3.50. The SMILES string of the molecule is CC1=C2CC3C(CCC4=CC(=O)CCC43C)C2CCC2(C1)OC1CCCN(Cc3ccc(Oc4ccccc4)cc3)C1C2C. The quantitative estimate of drug-likeness (QED) is 0.333. The van der Waals surface area contributed by atoms with Gasteiger partial charge in [-0.25, -0.2) is 0 Å². The van der Waals surface area contributed by atoms with Crippen LogP contribution in [0.3, 0.4) is 0 Å². The van der Waals surface area contributed by atoms with Gasteiger partial charge in [0, 0.05) is 24.9 Å². The van der Waals surface area contributed by atoms with Crippen LogP contribution < -0.4 is 4.74 Å². The van der Waals surface area contributed by atoms with Gasteiger partial charge in [-0.3, -0.25) is 9.69 Å². The Kier molecular flexibility index (Phi) is 7.18. The molecule has 2 saturated heterocycles. The normalized spacial score (nSPS) is 38.4. The summed E-state index contributed by atoms with van der Waals surface area (Å²) in [7, 11) is 0. The molecule has 2 aromatic carbocycles. The van der Waals surface area contributed by atoms with E-state index < -0.39 is 0 Å². The first-order valence-electron chi connectivity index (χ1n) is 17.5. The van der Waals surface area contributed by atoms with E-state index in [-0.39, 0.29) is 11.0 Å². The van der Waals surface area contributed by atoms with Gasteiger partial charge in [0.25, 0.3) is 0 Å². The lowest BCUT2D eigenvalue weighted by molar-refractivity contribution is -0.116. The number of benzene rings is 2. The molecule has 2 heterocycles. The van der Waals surface area contributed by atoms with Crippen molar-refractivity contribution in [2.45, 2.75) is 109 Å². The summed E-state index contributed by atoms with van der Waals surface area (Å²) in [5, 5.41) is 0. The van der Waals surface area contributed by atoms with E-state index in [1.807, 2.05) is 36.4 Å². The molecule has 1 spiro atoms. The van der Waals surface area contributed by atoms with Crippen LogP contribution in [-0.4, -0.2) is 35.0 Å². The monoisotopic (exact) mass is 591 g/mol. The van der Waals surface area contributed by atoms with Crippen molar-refractivity contribution in [3.05, 3.63) is 83.0 Å². The van der Waals surface area contributed by atoms with E-state index >= 15 is 0 Å². The number of para-hydroxylation sites is 1. The van der Waals surface area contributed by atoms with Gasteiger partial charge in [-0.1, -0.05) is 60.9 Å². The number of fused-ring (bicyclic) bond motifs is 6. The van der Waals surface area contributed by atoms with Gasteiger partial charge in [0.1, 0.15) is 11.5 Å². The van der Waals surface area contributed by atoms with Crippen LogP contribution in [0.15, 0.2) is 77.4 Å². The molecule has 0 aromatic heterocycles. The second-order valence-electron chi connectivity index (χ2n) is 15.4. The number of carbonyl (C=O) groups is 1. The summed E-state index contributed by atoms with van der Waals surface area (Å²) < 4.78 is 13.3. The lowest BCUT2D eigenvalue weighted by Gasteiger charge is -2.48. The van der Waals surface area contributed by atoms with Gasteiger partial charge in [-0.15, -0.1) is 0 Å². The molecule has 44 heavy (non-hydrogen) atoms. The molecule has 8 atom stereocenters. The maximum atomic E-state index is 12.3. The first kappa shape index (κ1) is 28.8. The van der Waals surface area contributed by atoms with Crippen LogP contribution in [-0.2, 0) is 16.1 Å². The number of allylic oxidation sites excluding steroid dienone is 3. The molecule has 0 amide bonds. The van der Waals surface area contributed by atoms with Gasteiger partial charge in [0.2, 0.25) is 0 Å². The molecule has 4 nitrogen and oxygen atoms in total. The molecule has 2 aliphatic heterocycles. The number of hydrogen-bond donors (Lipinski definition) is 0. The molecule has 8 unspecified atom stereocenters. The number of ether oxygens (including phenoxy) is 2. The standard InChI is InChI=1S/C40H49NO3/c1-26-24-40(20-18-33-34-16-13-29-22-30(42)17-19-39(29,3)36(34)23-35(26)33)27(2)38-37(44-40)10-7-21-41(38)25-28-11-14-32(15-12-28)43-31-8-5-4-6-9-31/h4-6,8-9,11-12,14-15,22,27,33-34,36-38H,7,10,13,16-21,23-25H2,1-3H3. The van der Waals surface area contributed by atoms with Crippen molar-refractivity contribution in [3.8, 4) is 11.5 Å². The predicted octanol–water partition coefficient (Wildman–Crippen LogP) is 9.06. The van der Waals surface area contributed by atoms with Crippen molar-refractivity contribution < 1.29 is 14.3 Å². The highest BCUT2D eigenvalue weighted by Gasteiger charge is 2.59. The van der Waals surface area contributed by atoms with E-state index in [9.17, 15) is 4.79 Å². The highest BCUT2D eigenvalue weighted by molar-refractivity contribution is 5.91. The van der Waals surface area contributed by atoms with E-state index in [1.165, 1.54) is 49.7 Å². The molecular formula is C40H49NO3. The molecule has 4 heteroatoms. The van der Waals surface area contributed by atoms with E-state index in [0.717, 1.165) is 56.2 Å². The smallest absolute Gasteiger partial charge is 0.155 e. The topological polar surface area (TPSA) is 38.8 Å². The van der Waals surface area contributed by atoms with Crippen molar-refractivity contribution in [3.63, 3.8) is 0 Å². The predicted molar refractivity (Wildman–Crippen MR) is 174 cm³/mol. The maximum absolute atomic E-state index is 12.3. The minimum Gasteiger partial charge on any atom is -0.457 e. The number of likely N-dealkylation sites (tertiary alicyclic amines) is 1. The highest BCUT2D eigenvalue weighted by Crippen LogP contribution is 2.64. The molecule has 0 bridgehead atoms. The Morgan fingerprint density at radius 3 is 2.59 bits per heavy atom. The molecular weight excluding hydrogens is 542 g/mol. The van der Waals surface area contributed by atoms with E-state index in [4.69, 9.17) is 9.47 Å². The molecule has 2 aromatic rings. The van der Waals surface area contributed by atoms with Crippen molar-refractivity contribution in [1.82, 2.24) is 4.90 Å². The zero-order valence-corrected chi connectivity index (χ0v) is 26.9. The summed E-state index contributed by atoms with van der Waals surface area (Å²) in [4.78, 5) is 15.0. The molecule has 232 valence electrons. The van der Waals surface area contributed by atoms with Crippen molar-refractivity contribution in [2.75, 3.05) is 6.54 Å². The number of rotatable bonds is 4. The van der Waals surface area contributed by atoms with Gasteiger partial charge in [-0.2, -0.15) is 0 Å². The molecule has 8 rings (SSSR count). The minimum absolute atomic E-state index is 0.0386. The number of piperidine rings is 1. The van der Waals surface area contributed by atoms with E-state index in [0.29, 0.717) is 35.7 Å². The van der Waals surface area contributed by atoms with Crippen LogP contribution >= 0.6 is 0 Å². The lowest BCUT2D eigenvalue weighted by Crippen LogP contribution is -2.49. The zero-order chi connectivity index (χ0) is 30.1. The van der Waals surface area contributed by atoms with Crippen LogP contribution in [0.1, 0.15) is 90.5 Å². The second kappa shape index (κ2) is 11.0. The van der Waals surface area contributed by atoms with Crippen molar-refractivity contribution in [1.29, 1.82) is 0 Å². The second-order valence-corrected chi connectivity index (χ2v) is 15.4. The Morgan fingerprint density at radius 1 is 0.977 bits per heavy atom. The third-order valence-corrected chi connectivity index (χ3v) is 13.2. The first-order valence-corrected chi connectivity index (χ1v) is 17.5. The van der Waals surface area contributed by atoms with Gasteiger partial charge in [0.05, 0.1) is 11.7 Å². The zero-order valence-electron chi connectivity index (χ0n) is 26.9. The fourth-order valence-corrected chi connectivity index (χ4v) is 10.9. The number of hydrogen-bond acceptors (Lipinski definition) is 4. The summed E-state index contributed by atoms with van der Waals surface area (Å²) >= 11 is 0. The van der Waals surface area contributed by atoms with Crippen LogP contribution in [0.4, 0.5) is 0 Å². The van der Waals surface area contributed by atoms with E-state index in [1.54, 1.807) is 11.1 Å². The fourth-order valence-electron chi connectivity index (χ4n) is 10.9. The summed E-state index contributed by atoms with van der Waals surface area (Å²) in [5.74, 6) is 4.83. The van der Waals surface area contributed by atoms with Gasteiger partial charge in [-0.05, 0) is 130 Å². The molecule has 0 radical (unpaired) electrons. The van der Waals surface area contributed by atoms with Crippen molar-refractivity contribution in [2.24, 2.45) is 29.1 Å². The van der Waals surface area contributed by atoms with Crippen LogP contribution in [0.2, 0.25) is 0 Å². The molecule has 4 fully saturated rings. The Bertz CT molecular complexity index is 1480. The maximum Gasteiger partial charge on any atom is 0.155 e. The number of nitrogens with zero attached hydrogens (tertiary/aromatic N) is 1. The number of carbonyl (C=O) groups excluding carboxylic acids is 1. The van der Waals surface area contributed by atoms with Crippen molar-refractivity contribution >= 4 is 5.78 Å². The molecule has 2 saturated carbocycles. The minimum atomic E-state index is -0.0386. The van der Waals surface area contributed by atoms with Crippen LogP contribution in [0, 0.1) is 29.1 Å². The highest BCUT2D eigenvalue weighted by atomic mass is 16.5. The largest absolute Gasteiger partial charge is 0.457 e. The number of ketones is 1. The first-order chi connectivity index (χ1) is 21.3.